The summed E-state index contributed by atoms with van der Waals surface area (Å²) in [6.45, 7) is 6.65. The highest BCUT2D eigenvalue weighted by Crippen LogP contribution is 2.26. The number of hydrogen-bond donors (Lipinski definition) is 2. The number of guanidine groups is 1. The van der Waals surface area contributed by atoms with Gasteiger partial charge in [0.15, 0.2) is 5.96 Å². The maximum absolute atomic E-state index is 12.6. The minimum Gasteiger partial charge on any atom is -0.497 e. The van der Waals surface area contributed by atoms with Crippen LogP contribution in [0.15, 0.2) is 29.3 Å². The second-order valence-corrected chi connectivity index (χ2v) is 8.95. The van der Waals surface area contributed by atoms with Gasteiger partial charge in [-0.3, -0.25) is 14.7 Å². The Hall–Kier alpha value is -1.55. The van der Waals surface area contributed by atoms with Gasteiger partial charge in [0.1, 0.15) is 5.75 Å². The predicted octanol–water partition coefficient (Wildman–Crippen LogP) is 3.80. The third-order valence-corrected chi connectivity index (χ3v) is 6.77. The van der Waals surface area contributed by atoms with E-state index in [2.05, 4.69) is 39.6 Å². The normalized spacial score (nSPS) is 20.5. The zero-order chi connectivity index (χ0) is 22.8. The number of amides is 1. The van der Waals surface area contributed by atoms with Crippen LogP contribution in [0.3, 0.4) is 0 Å². The largest absolute Gasteiger partial charge is 0.497 e. The van der Waals surface area contributed by atoms with Crippen LogP contribution >= 0.6 is 24.0 Å². The highest BCUT2D eigenvalue weighted by Gasteiger charge is 2.24. The molecule has 2 saturated heterocycles. The fourth-order valence-corrected chi connectivity index (χ4v) is 4.83. The average molecular weight is 572 g/mol. The van der Waals surface area contributed by atoms with Gasteiger partial charge < -0.3 is 20.3 Å². The molecule has 1 amide bonds. The van der Waals surface area contributed by atoms with Gasteiger partial charge in [0.2, 0.25) is 5.91 Å². The molecule has 7 nitrogen and oxygen atoms in total. The molecule has 1 aromatic rings. The van der Waals surface area contributed by atoms with E-state index in [0.29, 0.717) is 19.0 Å². The molecule has 2 N–H and O–H groups in total. The predicted molar refractivity (Wildman–Crippen MR) is 146 cm³/mol. The molecule has 0 spiro atoms. The van der Waals surface area contributed by atoms with Gasteiger partial charge in [-0.05, 0) is 69.8 Å². The summed E-state index contributed by atoms with van der Waals surface area (Å²) >= 11 is 0. The van der Waals surface area contributed by atoms with E-state index in [4.69, 9.17) is 4.74 Å². The lowest BCUT2D eigenvalue weighted by atomic mass is 10.0. The number of nitrogens with zero attached hydrogens (tertiary/aromatic N) is 3. The van der Waals surface area contributed by atoms with Crippen molar-refractivity contribution in [3.05, 3.63) is 29.8 Å². The molecule has 0 aromatic heterocycles. The Morgan fingerprint density at radius 3 is 2.42 bits per heavy atom. The molecule has 2 aliphatic heterocycles. The van der Waals surface area contributed by atoms with Crippen molar-refractivity contribution >= 4 is 35.8 Å². The number of halogens is 1. The number of likely N-dealkylation sites (tertiary alicyclic amines) is 2. The Labute approximate surface area is 216 Å². The summed E-state index contributed by atoms with van der Waals surface area (Å²) in [6, 6.07) is 9.03. The smallest absolute Gasteiger partial charge is 0.224 e. The molecule has 0 radical (unpaired) electrons. The first kappa shape index (κ1) is 27.7. The van der Waals surface area contributed by atoms with Crippen LogP contribution in [-0.4, -0.2) is 74.6 Å². The molecule has 2 unspecified atom stereocenters. The van der Waals surface area contributed by atoms with Gasteiger partial charge in [-0.25, -0.2) is 0 Å². The lowest BCUT2D eigenvalue weighted by Gasteiger charge is -2.35. The van der Waals surface area contributed by atoms with E-state index >= 15 is 0 Å². The minimum atomic E-state index is 0. The maximum atomic E-state index is 12.6. The summed E-state index contributed by atoms with van der Waals surface area (Å²) < 4.78 is 5.33. The lowest BCUT2D eigenvalue weighted by molar-refractivity contribution is -0.134. The van der Waals surface area contributed by atoms with Gasteiger partial charge in [-0.15, -0.1) is 24.0 Å². The van der Waals surface area contributed by atoms with Gasteiger partial charge in [0.25, 0.3) is 0 Å². The number of aliphatic imine (C=N–C) groups is 1. The highest BCUT2D eigenvalue weighted by atomic mass is 127. The van der Waals surface area contributed by atoms with E-state index in [1.54, 1.807) is 14.2 Å². The van der Waals surface area contributed by atoms with Gasteiger partial charge in [-0.2, -0.15) is 0 Å². The molecule has 2 atom stereocenters. The Morgan fingerprint density at radius 2 is 1.79 bits per heavy atom. The Kier molecular flexibility index (Phi) is 12.3. The molecule has 1 aromatic carbocycles. The lowest BCUT2D eigenvalue weighted by Crippen LogP contribution is -2.46. The van der Waals surface area contributed by atoms with Crippen LogP contribution < -0.4 is 15.4 Å². The van der Waals surface area contributed by atoms with Crippen molar-refractivity contribution in [3.8, 4) is 5.75 Å². The van der Waals surface area contributed by atoms with Gasteiger partial charge in [0.05, 0.1) is 13.2 Å². The number of piperidine rings is 2. The Balaban J connectivity index is 0.00000385. The second-order valence-electron chi connectivity index (χ2n) is 8.95. The van der Waals surface area contributed by atoms with Crippen LogP contribution in [0.2, 0.25) is 0 Å². The third kappa shape index (κ3) is 8.31. The molecule has 2 fully saturated rings. The zero-order valence-electron chi connectivity index (χ0n) is 20.5. The summed E-state index contributed by atoms with van der Waals surface area (Å²) in [7, 11) is 3.48. The van der Waals surface area contributed by atoms with Crippen molar-refractivity contribution in [3.63, 3.8) is 0 Å². The highest BCUT2D eigenvalue weighted by molar-refractivity contribution is 14.0. The molecule has 186 valence electrons. The van der Waals surface area contributed by atoms with Crippen molar-refractivity contribution in [2.45, 2.75) is 64.0 Å². The molecule has 0 bridgehead atoms. The molecule has 8 heteroatoms. The molecule has 3 rings (SSSR count). The molecule has 2 heterocycles. The number of ether oxygens (including phenoxy) is 1. The van der Waals surface area contributed by atoms with Crippen LogP contribution in [0.25, 0.3) is 0 Å². The van der Waals surface area contributed by atoms with Crippen LogP contribution in [0.1, 0.15) is 63.5 Å². The van der Waals surface area contributed by atoms with E-state index in [-0.39, 0.29) is 35.9 Å². The van der Waals surface area contributed by atoms with Crippen molar-refractivity contribution in [1.29, 1.82) is 0 Å². The summed E-state index contributed by atoms with van der Waals surface area (Å²) in [5.74, 6) is 1.87. The van der Waals surface area contributed by atoms with E-state index < -0.39 is 0 Å². The summed E-state index contributed by atoms with van der Waals surface area (Å²) in [4.78, 5) is 21.6. The number of nitrogens with one attached hydrogen (secondary N) is 2. The quantitative estimate of drug-likeness (QED) is 0.283. The first-order chi connectivity index (χ1) is 15.6. The number of hydrogen-bond acceptors (Lipinski definition) is 4. The van der Waals surface area contributed by atoms with Gasteiger partial charge in [0, 0.05) is 39.1 Å². The van der Waals surface area contributed by atoms with Crippen LogP contribution in [-0.2, 0) is 4.79 Å². The first-order valence-electron chi connectivity index (χ1n) is 12.2. The Morgan fingerprint density at radius 1 is 1.09 bits per heavy atom. The van der Waals surface area contributed by atoms with Crippen molar-refractivity contribution in [1.82, 2.24) is 20.4 Å². The molecular formula is C25H42IN5O2. The van der Waals surface area contributed by atoms with Crippen molar-refractivity contribution in [2.75, 3.05) is 46.9 Å². The summed E-state index contributed by atoms with van der Waals surface area (Å²) in [5, 5.41) is 6.83. The topological polar surface area (TPSA) is 69.2 Å². The molecule has 0 aliphatic carbocycles. The SMILES string of the molecule is CN=C(NCCC(=O)N1CCCCC1C)NCC(c1ccc(OC)cc1)N1CCCCC1.I. The van der Waals surface area contributed by atoms with E-state index in [0.717, 1.165) is 50.7 Å². The Bertz CT molecular complexity index is 737. The zero-order valence-corrected chi connectivity index (χ0v) is 22.8. The van der Waals surface area contributed by atoms with Gasteiger partial charge >= 0.3 is 0 Å². The van der Waals surface area contributed by atoms with E-state index in [1.165, 1.54) is 31.2 Å². The van der Waals surface area contributed by atoms with Crippen LogP contribution in [0.5, 0.6) is 5.75 Å². The number of carbonyl (C=O) groups is 1. The summed E-state index contributed by atoms with van der Waals surface area (Å²) in [6.07, 6.45) is 7.77. The van der Waals surface area contributed by atoms with E-state index in [9.17, 15) is 4.79 Å². The fourth-order valence-electron chi connectivity index (χ4n) is 4.83. The first-order valence-corrected chi connectivity index (χ1v) is 12.2. The van der Waals surface area contributed by atoms with E-state index in [1.807, 2.05) is 17.0 Å². The van der Waals surface area contributed by atoms with Crippen molar-refractivity contribution in [2.24, 2.45) is 4.99 Å². The monoisotopic (exact) mass is 571 g/mol. The summed E-state index contributed by atoms with van der Waals surface area (Å²) in [5.41, 5.74) is 1.28. The second kappa shape index (κ2) is 14.7. The number of rotatable bonds is 8. The number of methoxy groups -OCH3 is 1. The average Bonchev–Trinajstić information content (AvgIpc) is 2.84. The molecular weight excluding hydrogens is 529 g/mol. The minimum absolute atomic E-state index is 0. The molecule has 33 heavy (non-hydrogen) atoms. The third-order valence-electron chi connectivity index (χ3n) is 6.77. The molecule has 2 aliphatic rings. The van der Waals surface area contributed by atoms with Crippen LogP contribution in [0, 0.1) is 0 Å². The number of carbonyl (C=O) groups excluding carboxylic acids is 1. The molecule has 0 saturated carbocycles. The standard InChI is InChI=1S/C25H41N5O2.HI/c1-20-9-5-8-18-30(20)24(31)14-15-27-25(26-2)28-19-23(29-16-6-4-7-17-29)21-10-12-22(32-3)13-11-21;/h10-13,20,23H,4-9,14-19H2,1-3H3,(H2,26,27,28);1H. The number of benzene rings is 1. The van der Waals surface area contributed by atoms with Gasteiger partial charge in [-0.1, -0.05) is 18.6 Å². The van der Waals surface area contributed by atoms with Crippen LogP contribution in [0.4, 0.5) is 0 Å². The fraction of sp³-hybridized carbons (Fsp3) is 0.680. The maximum Gasteiger partial charge on any atom is 0.224 e. The van der Waals surface area contributed by atoms with Crippen molar-refractivity contribution < 1.29 is 9.53 Å².